The van der Waals surface area contributed by atoms with Gasteiger partial charge in [0, 0.05) is 12.7 Å². The van der Waals surface area contributed by atoms with E-state index in [2.05, 4.69) is 10.4 Å². The van der Waals surface area contributed by atoms with Crippen molar-refractivity contribution >= 4 is 6.03 Å². The highest BCUT2D eigenvalue weighted by molar-refractivity contribution is 5.75. The van der Waals surface area contributed by atoms with Gasteiger partial charge in [0.05, 0.1) is 5.69 Å². The highest BCUT2D eigenvalue weighted by Crippen LogP contribution is 2.01. The molecule has 0 saturated heterocycles. The number of hydrogen-bond acceptors (Lipinski definition) is 2. The second-order valence-electron chi connectivity index (χ2n) is 2.68. The Kier molecular flexibility index (Phi) is 2.47. The number of rotatable bonds is 1. The summed E-state index contributed by atoms with van der Waals surface area (Å²) in [6, 6.07) is -0.172. The molecule has 4 heteroatoms. The van der Waals surface area contributed by atoms with Crippen LogP contribution >= 0.6 is 0 Å². The van der Waals surface area contributed by atoms with Gasteiger partial charge in [-0.15, -0.1) is 0 Å². The van der Waals surface area contributed by atoms with Crippen molar-refractivity contribution in [2.45, 2.75) is 20.8 Å². The van der Waals surface area contributed by atoms with Crippen LogP contribution in [-0.2, 0) is 0 Å². The van der Waals surface area contributed by atoms with Gasteiger partial charge in [-0.05, 0) is 26.3 Å². The molecule has 0 aliphatic heterocycles. The summed E-state index contributed by atoms with van der Waals surface area (Å²) in [4.78, 5) is 11.2. The number of nitrogens with zero attached hydrogens (tertiary/aromatic N) is 2. The third-order valence-electron chi connectivity index (χ3n) is 1.68. The van der Waals surface area contributed by atoms with Crippen LogP contribution in [0, 0.1) is 13.8 Å². The number of carbonyl (C=O) groups excluding carboxylic acids is 1. The standard InChI is InChI=1S/C8H13N3O/c1-4-9-8(12)11-5-6(2)7(3)10-11/h5H,4H2,1-3H3,(H,9,12). The third kappa shape index (κ3) is 1.64. The zero-order chi connectivity index (χ0) is 9.14. The molecule has 66 valence electrons. The van der Waals surface area contributed by atoms with E-state index < -0.39 is 0 Å². The van der Waals surface area contributed by atoms with Gasteiger partial charge in [-0.3, -0.25) is 0 Å². The molecule has 0 aliphatic carbocycles. The Morgan fingerprint density at radius 2 is 2.33 bits per heavy atom. The lowest BCUT2D eigenvalue weighted by Gasteiger charge is -1.99. The van der Waals surface area contributed by atoms with Gasteiger partial charge in [0.1, 0.15) is 0 Å². The molecule has 0 radical (unpaired) electrons. The van der Waals surface area contributed by atoms with E-state index in [9.17, 15) is 4.79 Å². The number of carbonyl (C=O) groups is 1. The fourth-order valence-electron chi connectivity index (χ4n) is 0.882. The molecule has 0 aliphatic rings. The Morgan fingerprint density at radius 1 is 1.67 bits per heavy atom. The number of aromatic nitrogens is 2. The van der Waals surface area contributed by atoms with E-state index >= 15 is 0 Å². The van der Waals surface area contributed by atoms with E-state index in [0.717, 1.165) is 11.3 Å². The van der Waals surface area contributed by atoms with Crippen LogP contribution in [0.1, 0.15) is 18.2 Å². The SMILES string of the molecule is CCNC(=O)n1cc(C)c(C)n1. The summed E-state index contributed by atoms with van der Waals surface area (Å²) in [5.41, 5.74) is 1.92. The molecule has 0 atom stereocenters. The number of amides is 1. The van der Waals surface area contributed by atoms with E-state index in [0.29, 0.717) is 6.54 Å². The molecule has 12 heavy (non-hydrogen) atoms. The van der Waals surface area contributed by atoms with Crippen molar-refractivity contribution in [3.8, 4) is 0 Å². The molecule has 1 aromatic heterocycles. The van der Waals surface area contributed by atoms with E-state index in [1.54, 1.807) is 6.20 Å². The van der Waals surface area contributed by atoms with Crippen molar-refractivity contribution in [1.29, 1.82) is 0 Å². The molecule has 0 aromatic carbocycles. The average Bonchev–Trinajstić information content (AvgIpc) is 2.33. The van der Waals surface area contributed by atoms with E-state index in [1.165, 1.54) is 4.68 Å². The summed E-state index contributed by atoms with van der Waals surface area (Å²) in [6.07, 6.45) is 1.72. The molecule has 1 amide bonds. The predicted octanol–water partition coefficient (Wildman–Crippen LogP) is 1.08. The molecule has 0 spiro atoms. The summed E-state index contributed by atoms with van der Waals surface area (Å²) in [7, 11) is 0. The Labute approximate surface area is 71.6 Å². The topological polar surface area (TPSA) is 46.9 Å². The molecular weight excluding hydrogens is 154 g/mol. The van der Waals surface area contributed by atoms with Crippen molar-refractivity contribution in [3.63, 3.8) is 0 Å². The molecule has 0 saturated carbocycles. The van der Waals surface area contributed by atoms with Crippen LogP contribution in [-0.4, -0.2) is 22.4 Å². The van der Waals surface area contributed by atoms with Gasteiger partial charge in [0.25, 0.3) is 0 Å². The Balaban J connectivity index is 2.82. The van der Waals surface area contributed by atoms with Crippen molar-refractivity contribution in [2.24, 2.45) is 0 Å². The Bertz CT molecular complexity index is 271. The second kappa shape index (κ2) is 3.38. The monoisotopic (exact) mass is 167 g/mol. The van der Waals surface area contributed by atoms with Crippen LogP contribution in [0.5, 0.6) is 0 Å². The van der Waals surface area contributed by atoms with E-state index in [4.69, 9.17) is 0 Å². The summed E-state index contributed by atoms with van der Waals surface area (Å²) in [6.45, 7) is 6.31. The first-order valence-corrected chi connectivity index (χ1v) is 3.96. The molecule has 1 rings (SSSR count). The second-order valence-corrected chi connectivity index (χ2v) is 2.68. The van der Waals surface area contributed by atoms with Gasteiger partial charge in [-0.25, -0.2) is 4.79 Å². The van der Waals surface area contributed by atoms with Crippen LogP contribution in [0.15, 0.2) is 6.20 Å². The lowest BCUT2D eigenvalue weighted by Crippen LogP contribution is -2.28. The summed E-state index contributed by atoms with van der Waals surface area (Å²) in [5, 5.41) is 6.70. The number of nitrogens with one attached hydrogen (secondary N) is 1. The molecule has 1 aromatic rings. The molecule has 1 N–H and O–H groups in total. The zero-order valence-electron chi connectivity index (χ0n) is 7.59. The largest absolute Gasteiger partial charge is 0.342 e. The quantitative estimate of drug-likeness (QED) is 0.680. The maximum absolute atomic E-state index is 11.2. The minimum Gasteiger partial charge on any atom is -0.336 e. The van der Waals surface area contributed by atoms with Crippen molar-refractivity contribution < 1.29 is 4.79 Å². The van der Waals surface area contributed by atoms with Crippen LogP contribution in [0.25, 0.3) is 0 Å². The minimum atomic E-state index is -0.172. The van der Waals surface area contributed by atoms with Crippen LogP contribution in [0.4, 0.5) is 4.79 Å². The number of hydrogen-bond donors (Lipinski definition) is 1. The maximum Gasteiger partial charge on any atom is 0.342 e. The highest BCUT2D eigenvalue weighted by atomic mass is 16.2. The lowest BCUT2D eigenvalue weighted by molar-refractivity contribution is 0.240. The minimum absolute atomic E-state index is 0.172. The van der Waals surface area contributed by atoms with Gasteiger partial charge in [0.15, 0.2) is 0 Å². The van der Waals surface area contributed by atoms with Crippen molar-refractivity contribution in [1.82, 2.24) is 15.1 Å². The Hall–Kier alpha value is -1.32. The maximum atomic E-state index is 11.2. The van der Waals surface area contributed by atoms with Crippen LogP contribution in [0.3, 0.4) is 0 Å². The lowest BCUT2D eigenvalue weighted by atomic mass is 10.3. The molecule has 0 bridgehead atoms. The molecular formula is C8H13N3O. The van der Waals surface area contributed by atoms with Gasteiger partial charge >= 0.3 is 6.03 Å². The molecule has 4 nitrogen and oxygen atoms in total. The third-order valence-corrected chi connectivity index (χ3v) is 1.68. The van der Waals surface area contributed by atoms with Gasteiger partial charge in [-0.1, -0.05) is 0 Å². The van der Waals surface area contributed by atoms with Crippen molar-refractivity contribution in [3.05, 3.63) is 17.5 Å². The first-order chi connectivity index (χ1) is 5.65. The normalized spacial score (nSPS) is 9.92. The van der Waals surface area contributed by atoms with Crippen LogP contribution < -0.4 is 5.32 Å². The van der Waals surface area contributed by atoms with Crippen molar-refractivity contribution in [2.75, 3.05) is 6.54 Å². The van der Waals surface area contributed by atoms with Gasteiger partial charge < -0.3 is 5.32 Å². The first kappa shape index (κ1) is 8.77. The van der Waals surface area contributed by atoms with Gasteiger partial charge in [-0.2, -0.15) is 9.78 Å². The highest BCUT2D eigenvalue weighted by Gasteiger charge is 2.05. The molecule has 0 fully saturated rings. The summed E-state index contributed by atoms with van der Waals surface area (Å²) >= 11 is 0. The molecule has 1 heterocycles. The van der Waals surface area contributed by atoms with E-state index in [1.807, 2.05) is 20.8 Å². The smallest absolute Gasteiger partial charge is 0.336 e. The number of aryl methyl sites for hydroxylation is 2. The fourth-order valence-corrected chi connectivity index (χ4v) is 0.882. The fraction of sp³-hybridized carbons (Fsp3) is 0.500. The first-order valence-electron chi connectivity index (χ1n) is 3.96. The average molecular weight is 167 g/mol. The zero-order valence-corrected chi connectivity index (χ0v) is 7.59. The van der Waals surface area contributed by atoms with Gasteiger partial charge in [0.2, 0.25) is 0 Å². The summed E-state index contributed by atoms with van der Waals surface area (Å²) < 4.78 is 1.33. The van der Waals surface area contributed by atoms with E-state index in [-0.39, 0.29) is 6.03 Å². The van der Waals surface area contributed by atoms with Crippen LogP contribution in [0.2, 0.25) is 0 Å². The predicted molar refractivity (Wildman–Crippen MR) is 46.2 cm³/mol. The molecule has 0 unspecified atom stereocenters. The Morgan fingerprint density at radius 3 is 2.75 bits per heavy atom. The summed E-state index contributed by atoms with van der Waals surface area (Å²) in [5.74, 6) is 0.